The smallest absolute Gasteiger partial charge is 0.221 e. The lowest BCUT2D eigenvalue weighted by molar-refractivity contribution is 0.399. The van der Waals surface area contributed by atoms with Gasteiger partial charge in [-0.25, -0.2) is 4.98 Å². The summed E-state index contributed by atoms with van der Waals surface area (Å²) in [5.74, 6) is 0.781. The Hall–Kier alpha value is -1.98. The highest BCUT2D eigenvalue weighted by Crippen LogP contribution is 2.27. The molecule has 0 fully saturated rings. The summed E-state index contributed by atoms with van der Waals surface area (Å²) >= 11 is 0. The topological polar surface area (TPSA) is 87.0 Å². The van der Waals surface area contributed by atoms with Crippen LogP contribution in [0.1, 0.15) is 18.7 Å². The highest BCUT2D eigenvalue weighted by atomic mass is 16.5. The van der Waals surface area contributed by atoms with Gasteiger partial charge in [-0.3, -0.25) is 4.98 Å². The number of hydrogen-bond acceptors (Lipinski definition) is 5. The summed E-state index contributed by atoms with van der Waals surface area (Å²) in [6.07, 6.45) is 3.49. The SMILES string of the molecule is COc1ncccc1-c1ccc(C(N)C(C)CN)nc1. The van der Waals surface area contributed by atoms with Crippen molar-refractivity contribution in [2.45, 2.75) is 13.0 Å². The van der Waals surface area contributed by atoms with Crippen LogP contribution in [0.2, 0.25) is 0 Å². The lowest BCUT2D eigenvalue weighted by Crippen LogP contribution is -2.26. The minimum absolute atomic E-state index is 0.148. The Kier molecular flexibility index (Phi) is 4.65. The van der Waals surface area contributed by atoms with Gasteiger partial charge in [-0.2, -0.15) is 0 Å². The van der Waals surface area contributed by atoms with E-state index < -0.39 is 0 Å². The number of pyridine rings is 2. The Labute approximate surface area is 119 Å². The molecule has 0 saturated carbocycles. The van der Waals surface area contributed by atoms with Crippen LogP contribution in [0.5, 0.6) is 5.88 Å². The van der Waals surface area contributed by atoms with E-state index in [1.54, 1.807) is 19.5 Å². The number of rotatable bonds is 5. The zero-order valence-corrected chi connectivity index (χ0v) is 11.8. The Morgan fingerprint density at radius 2 is 2.05 bits per heavy atom. The number of aromatic nitrogens is 2. The fourth-order valence-corrected chi connectivity index (χ4v) is 1.97. The van der Waals surface area contributed by atoms with E-state index >= 15 is 0 Å². The molecule has 2 aromatic rings. The van der Waals surface area contributed by atoms with Crippen LogP contribution in [0.15, 0.2) is 36.7 Å². The molecule has 0 bridgehead atoms. The molecule has 0 amide bonds. The van der Waals surface area contributed by atoms with E-state index in [2.05, 4.69) is 9.97 Å². The van der Waals surface area contributed by atoms with Crippen molar-refractivity contribution in [3.05, 3.63) is 42.4 Å². The molecule has 2 rings (SSSR count). The van der Waals surface area contributed by atoms with Gasteiger partial charge in [-0.05, 0) is 30.7 Å². The van der Waals surface area contributed by atoms with E-state index in [0.717, 1.165) is 16.8 Å². The fraction of sp³-hybridized carbons (Fsp3) is 0.333. The Morgan fingerprint density at radius 3 is 2.65 bits per heavy atom. The Bertz CT molecular complexity index is 556. The third kappa shape index (κ3) is 2.95. The third-order valence-corrected chi connectivity index (χ3v) is 3.39. The molecule has 106 valence electrons. The summed E-state index contributed by atoms with van der Waals surface area (Å²) in [4.78, 5) is 8.62. The maximum atomic E-state index is 6.11. The van der Waals surface area contributed by atoms with Crippen molar-refractivity contribution in [3.8, 4) is 17.0 Å². The number of nitrogens with zero attached hydrogens (tertiary/aromatic N) is 2. The molecule has 0 spiro atoms. The molecule has 5 heteroatoms. The monoisotopic (exact) mass is 272 g/mol. The molecule has 0 aliphatic rings. The molecule has 20 heavy (non-hydrogen) atoms. The van der Waals surface area contributed by atoms with Gasteiger partial charge in [0.15, 0.2) is 0 Å². The summed E-state index contributed by atoms with van der Waals surface area (Å²) < 4.78 is 5.25. The average molecular weight is 272 g/mol. The number of hydrogen-bond donors (Lipinski definition) is 2. The molecule has 4 N–H and O–H groups in total. The normalized spacial score (nSPS) is 13.8. The number of methoxy groups -OCH3 is 1. The van der Waals surface area contributed by atoms with Crippen molar-refractivity contribution >= 4 is 0 Å². The van der Waals surface area contributed by atoms with Gasteiger partial charge >= 0.3 is 0 Å². The van der Waals surface area contributed by atoms with Gasteiger partial charge in [0.1, 0.15) is 0 Å². The minimum Gasteiger partial charge on any atom is -0.481 e. The number of ether oxygens (including phenoxy) is 1. The lowest BCUT2D eigenvalue weighted by Gasteiger charge is -2.17. The van der Waals surface area contributed by atoms with Crippen molar-refractivity contribution in [3.63, 3.8) is 0 Å². The summed E-state index contributed by atoms with van der Waals surface area (Å²) in [5, 5.41) is 0. The number of nitrogens with two attached hydrogens (primary N) is 2. The van der Waals surface area contributed by atoms with Gasteiger partial charge in [-0.1, -0.05) is 13.0 Å². The van der Waals surface area contributed by atoms with Gasteiger partial charge < -0.3 is 16.2 Å². The predicted molar refractivity (Wildman–Crippen MR) is 79.2 cm³/mol. The quantitative estimate of drug-likeness (QED) is 0.865. The first-order valence-corrected chi connectivity index (χ1v) is 6.58. The molecule has 5 nitrogen and oxygen atoms in total. The maximum Gasteiger partial charge on any atom is 0.221 e. The highest BCUT2D eigenvalue weighted by molar-refractivity contribution is 5.67. The second-order valence-electron chi connectivity index (χ2n) is 4.77. The molecule has 2 heterocycles. The van der Waals surface area contributed by atoms with Crippen LogP contribution in [0.4, 0.5) is 0 Å². The summed E-state index contributed by atoms with van der Waals surface area (Å²) in [7, 11) is 1.60. The zero-order chi connectivity index (χ0) is 14.5. The first-order valence-electron chi connectivity index (χ1n) is 6.58. The van der Waals surface area contributed by atoms with Crippen molar-refractivity contribution in [1.29, 1.82) is 0 Å². The molecular formula is C15H20N4O. The summed E-state index contributed by atoms with van der Waals surface area (Å²) in [6, 6.07) is 7.58. The Balaban J connectivity index is 2.28. The summed E-state index contributed by atoms with van der Waals surface area (Å²) in [5.41, 5.74) is 14.5. The molecule has 2 unspecified atom stereocenters. The first-order chi connectivity index (χ1) is 9.67. The predicted octanol–water partition coefficient (Wildman–Crippen LogP) is 1.75. The van der Waals surface area contributed by atoms with Crippen LogP contribution >= 0.6 is 0 Å². The molecule has 0 aliphatic heterocycles. The van der Waals surface area contributed by atoms with Crippen LogP contribution in [-0.2, 0) is 0 Å². The minimum atomic E-state index is -0.148. The van der Waals surface area contributed by atoms with Crippen LogP contribution in [0.3, 0.4) is 0 Å². The highest BCUT2D eigenvalue weighted by Gasteiger charge is 2.15. The van der Waals surface area contributed by atoms with Crippen LogP contribution in [0, 0.1) is 5.92 Å². The first kappa shape index (κ1) is 14.4. The van der Waals surface area contributed by atoms with Crippen molar-refractivity contribution < 1.29 is 4.74 Å². The van der Waals surface area contributed by atoms with Crippen LogP contribution in [0.25, 0.3) is 11.1 Å². The molecule has 2 aromatic heterocycles. The van der Waals surface area contributed by atoms with E-state index in [4.69, 9.17) is 16.2 Å². The average Bonchev–Trinajstić information content (AvgIpc) is 2.53. The third-order valence-electron chi connectivity index (χ3n) is 3.39. The molecule has 0 aliphatic carbocycles. The van der Waals surface area contributed by atoms with Gasteiger partial charge in [0.05, 0.1) is 18.8 Å². The second kappa shape index (κ2) is 6.45. The molecular weight excluding hydrogens is 252 g/mol. The van der Waals surface area contributed by atoms with E-state index in [-0.39, 0.29) is 12.0 Å². The van der Waals surface area contributed by atoms with Crippen molar-refractivity contribution in [2.24, 2.45) is 17.4 Å². The lowest BCUT2D eigenvalue weighted by atomic mass is 9.98. The molecule has 0 saturated heterocycles. The van der Waals surface area contributed by atoms with Crippen molar-refractivity contribution in [1.82, 2.24) is 9.97 Å². The van der Waals surface area contributed by atoms with Crippen LogP contribution < -0.4 is 16.2 Å². The van der Waals surface area contributed by atoms with E-state index in [1.165, 1.54) is 0 Å². The van der Waals surface area contributed by atoms with Gasteiger partial charge in [0.2, 0.25) is 5.88 Å². The van der Waals surface area contributed by atoms with E-state index in [1.807, 2.05) is 31.2 Å². The molecule has 2 atom stereocenters. The fourth-order valence-electron chi connectivity index (χ4n) is 1.97. The maximum absolute atomic E-state index is 6.11. The Morgan fingerprint density at radius 1 is 1.25 bits per heavy atom. The molecule has 0 aromatic carbocycles. The van der Waals surface area contributed by atoms with Gasteiger partial charge in [-0.15, -0.1) is 0 Å². The van der Waals surface area contributed by atoms with Crippen molar-refractivity contribution in [2.75, 3.05) is 13.7 Å². The van der Waals surface area contributed by atoms with Gasteiger partial charge in [0, 0.05) is 23.5 Å². The zero-order valence-electron chi connectivity index (χ0n) is 11.8. The van der Waals surface area contributed by atoms with Crippen LogP contribution in [-0.4, -0.2) is 23.6 Å². The van der Waals surface area contributed by atoms with E-state index in [9.17, 15) is 0 Å². The van der Waals surface area contributed by atoms with Gasteiger partial charge in [0.25, 0.3) is 0 Å². The largest absolute Gasteiger partial charge is 0.481 e. The van der Waals surface area contributed by atoms with E-state index in [0.29, 0.717) is 12.4 Å². The standard InChI is InChI=1S/C15H20N4O/c1-10(8-16)14(17)13-6-5-11(9-19-13)12-4-3-7-18-15(12)20-2/h3-7,9-10,14H,8,16-17H2,1-2H3. The molecule has 0 radical (unpaired) electrons. The second-order valence-corrected chi connectivity index (χ2v) is 4.77. The summed E-state index contributed by atoms with van der Waals surface area (Å²) in [6.45, 7) is 2.56.